The van der Waals surface area contributed by atoms with Gasteiger partial charge in [-0.25, -0.2) is 4.79 Å². The van der Waals surface area contributed by atoms with E-state index in [0.29, 0.717) is 19.1 Å². The topological polar surface area (TPSA) is 75.2 Å². The van der Waals surface area contributed by atoms with Crippen LogP contribution in [0, 0.1) is 0 Å². The lowest BCUT2D eigenvalue weighted by Gasteiger charge is -2.37. The van der Waals surface area contributed by atoms with Crippen molar-refractivity contribution in [3.05, 3.63) is 0 Å². The first-order valence-corrected chi connectivity index (χ1v) is 8.72. The minimum atomic E-state index is -0.473. The Labute approximate surface area is 146 Å². The summed E-state index contributed by atoms with van der Waals surface area (Å²) in [5.74, 6) is 0.717. The van der Waals surface area contributed by atoms with Gasteiger partial charge in [-0.05, 0) is 47.0 Å². The van der Waals surface area contributed by atoms with Crippen molar-refractivity contribution in [2.75, 3.05) is 33.9 Å². The van der Waals surface area contributed by atoms with Crippen LogP contribution >= 0.6 is 0 Å². The van der Waals surface area contributed by atoms with Gasteiger partial charge < -0.3 is 25.0 Å². The van der Waals surface area contributed by atoms with Crippen LogP contribution in [0.2, 0.25) is 0 Å². The predicted octanol–water partition coefficient (Wildman–Crippen LogP) is 1.98. The van der Waals surface area contributed by atoms with E-state index < -0.39 is 5.60 Å². The molecular weight excluding hydrogens is 308 g/mol. The summed E-state index contributed by atoms with van der Waals surface area (Å²) >= 11 is 0. The SMILES string of the molecule is CN=C(NCC1CCCCN1C(=O)OC(C)(C)C)NC(C)COC. The Morgan fingerprint density at radius 3 is 2.67 bits per heavy atom. The maximum absolute atomic E-state index is 12.4. The third kappa shape index (κ3) is 7.38. The highest BCUT2D eigenvalue weighted by atomic mass is 16.6. The molecule has 0 aromatic carbocycles. The molecule has 1 amide bonds. The van der Waals surface area contributed by atoms with Crippen molar-refractivity contribution in [1.82, 2.24) is 15.5 Å². The van der Waals surface area contributed by atoms with Crippen molar-refractivity contribution < 1.29 is 14.3 Å². The van der Waals surface area contributed by atoms with Crippen LogP contribution in [-0.4, -0.2) is 68.5 Å². The molecule has 1 rings (SSSR count). The minimum absolute atomic E-state index is 0.116. The average molecular weight is 342 g/mol. The lowest BCUT2D eigenvalue weighted by atomic mass is 10.0. The van der Waals surface area contributed by atoms with Crippen LogP contribution in [0.1, 0.15) is 47.0 Å². The van der Waals surface area contributed by atoms with Crippen LogP contribution in [-0.2, 0) is 9.47 Å². The second-order valence-electron chi connectivity index (χ2n) is 7.28. The molecule has 0 saturated carbocycles. The highest BCUT2D eigenvalue weighted by Crippen LogP contribution is 2.20. The number of piperidine rings is 1. The van der Waals surface area contributed by atoms with Gasteiger partial charge in [0.05, 0.1) is 12.6 Å². The number of carbonyl (C=O) groups excluding carboxylic acids is 1. The Balaban J connectivity index is 2.57. The number of hydrogen-bond donors (Lipinski definition) is 2. The molecule has 24 heavy (non-hydrogen) atoms. The van der Waals surface area contributed by atoms with E-state index in [2.05, 4.69) is 15.6 Å². The van der Waals surface area contributed by atoms with E-state index in [-0.39, 0.29) is 18.2 Å². The smallest absolute Gasteiger partial charge is 0.410 e. The van der Waals surface area contributed by atoms with Gasteiger partial charge in [0.1, 0.15) is 5.60 Å². The minimum Gasteiger partial charge on any atom is -0.444 e. The van der Waals surface area contributed by atoms with Gasteiger partial charge in [-0.1, -0.05) is 0 Å². The molecule has 0 spiro atoms. The molecule has 0 aliphatic carbocycles. The zero-order chi connectivity index (χ0) is 18.2. The first-order valence-electron chi connectivity index (χ1n) is 8.72. The summed E-state index contributed by atoms with van der Waals surface area (Å²) < 4.78 is 10.7. The van der Waals surface area contributed by atoms with Gasteiger partial charge in [-0.2, -0.15) is 0 Å². The van der Waals surface area contributed by atoms with Crippen molar-refractivity contribution in [3.8, 4) is 0 Å². The van der Waals surface area contributed by atoms with E-state index in [4.69, 9.17) is 9.47 Å². The molecule has 1 saturated heterocycles. The molecule has 2 atom stereocenters. The largest absolute Gasteiger partial charge is 0.444 e. The number of guanidine groups is 1. The number of carbonyl (C=O) groups is 1. The molecule has 2 N–H and O–H groups in total. The lowest BCUT2D eigenvalue weighted by molar-refractivity contribution is 0.0104. The standard InChI is InChI=1S/C17H34N4O3/c1-13(12-23-6)20-15(18-5)19-11-14-9-7-8-10-21(14)16(22)24-17(2,3)4/h13-14H,7-12H2,1-6H3,(H2,18,19,20). The van der Waals surface area contributed by atoms with Crippen molar-refractivity contribution >= 4 is 12.1 Å². The molecule has 0 aromatic heterocycles. The van der Waals surface area contributed by atoms with E-state index in [0.717, 1.165) is 25.8 Å². The molecule has 7 nitrogen and oxygen atoms in total. The molecule has 0 aromatic rings. The predicted molar refractivity (Wildman–Crippen MR) is 96.4 cm³/mol. The van der Waals surface area contributed by atoms with Gasteiger partial charge in [0.15, 0.2) is 5.96 Å². The molecule has 7 heteroatoms. The molecule has 0 bridgehead atoms. The molecule has 0 radical (unpaired) electrons. The van der Waals surface area contributed by atoms with Crippen molar-refractivity contribution in [2.24, 2.45) is 4.99 Å². The molecule has 140 valence electrons. The van der Waals surface area contributed by atoms with Gasteiger partial charge in [-0.15, -0.1) is 0 Å². The fraction of sp³-hybridized carbons (Fsp3) is 0.882. The summed E-state index contributed by atoms with van der Waals surface area (Å²) in [6.07, 6.45) is 2.88. The van der Waals surface area contributed by atoms with Crippen LogP contribution in [0.4, 0.5) is 4.79 Å². The van der Waals surface area contributed by atoms with Crippen molar-refractivity contribution in [3.63, 3.8) is 0 Å². The van der Waals surface area contributed by atoms with E-state index >= 15 is 0 Å². The normalized spacial score (nSPS) is 20.5. The fourth-order valence-electron chi connectivity index (χ4n) is 2.71. The van der Waals surface area contributed by atoms with Crippen LogP contribution in [0.15, 0.2) is 4.99 Å². The number of rotatable bonds is 5. The van der Waals surface area contributed by atoms with Crippen LogP contribution in [0.5, 0.6) is 0 Å². The molecule has 1 aliphatic rings. The quantitative estimate of drug-likeness (QED) is 0.590. The maximum Gasteiger partial charge on any atom is 0.410 e. The lowest BCUT2D eigenvalue weighted by Crippen LogP contribution is -2.53. The fourth-order valence-corrected chi connectivity index (χ4v) is 2.71. The summed E-state index contributed by atoms with van der Waals surface area (Å²) in [6, 6.07) is 0.277. The van der Waals surface area contributed by atoms with Crippen molar-refractivity contribution in [1.29, 1.82) is 0 Å². The second kappa shape index (κ2) is 9.71. The number of methoxy groups -OCH3 is 1. The van der Waals surface area contributed by atoms with Gasteiger partial charge in [0.25, 0.3) is 0 Å². The van der Waals surface area contributed by atoms with Gasteiger partial charge in [-0.3, -0.25) is 4.99 Å². The van der Waals surface area contributed by atoms with Gasteiger partial charge in [0, 0.05) is 33.3 Å². The van der Waals surface area contributed by atoms with E-state index in [1.54, 1.807) is 14.2 Å². The van der Waals surface area contributed by atoms with Gasteiger partial charge in [0.2, 0.25) is 0 Å². The Kier molecular flexibility index (Phi) is 8.31. The number of amides is 1. The zero-order valence-electron chi connectivity index (χ0n) is 16.0. The molecule has 1 heterocycles. The Morgan fingerprint density at radius 2 is 2.08 bits per heavy atom. The van der Waals surface area contributed by atoms with Crippen LogP contribution < -0.4 is 10.6 Å². The number of nitrogens with one attached hydrogen (secondary N) is 2. The van der Waals surface area contributed by atoms with Crippen LogP contribution in [0.3, 0.4) is 0 Å². The summed E-state index contributed by atoms with van der Waals surface area (Å²) in [5, 5.41) is 6.58. The number of hydrogen-bond acceptors (Lipinski definition) is 4. The Bertz CT molecular complexity index is 421. The zero-order valence-corrected chi connectivity index (χ0v) is 16.0. The maximum atomic E-state index is 12.4. The van der Waals surface area contributed by atoms with E-state index in [1.165, 1.54) is 0 Å². The molecule has 1 fully saturated rings. The number of aliphatic imine (C=N–C) groups is 1. The summed E-state index contributed by atoms with van der Waals surface area (Å²) in [4.78, 5) is 18.5. The Morgan fingerprint density at radius 1 is 1.38 bits per heavy atom. The highest BCUT2D eigenvalue weighted by molar-refractivity contribution is 5.80. The molecule has 2 unspecified atom stereocenters. The highest BCUT2D eigenvalue weighted by Gasteiger charge is 2.30. The summed E-state index contributed by atoms with van der Waals surface area (Å²) in [7, 11) is 3.41. The van der Waals surface area contributed by atoms with E-state index in [1.807, 2.05) is 32.6 Å². The third-order valence-corrected chi connectivity index (χ3v) is 3.78. The van der Waals surface area contributed by atoms with Gasteiger partial charge >= 0.3 is 6.09 Å². The first kappa shape index (κ1) is 20.5. The summed E-state index contributed by atoms with van der Waals surface area (Å²) in [5.41, 5.74) is -0.473. The van der Waals surface area contributed by atoms with Crippen LogP contribution in [0.25, 0.3) is 0 Å². The number of ether oxygens (including phenoxy) is 2. The monoisotopic (exact) mass is 342 g/mol. The molecule has 1 aliphatic heterocycles. The molecular formula is C17H34N4O3. The Hall–Kier alpha value is -1.50. The summed E-state index contributed by atoms with van der Waals surface area (Å²) in [6.45, 7) is 9.71. The second-order valence-corrected chi connectivity index (χ2v) is 7.28. The first-order chi connectivity index (χ1) is 11.3. The average Bonchev–Trinajstić information content (AvgIpc) is 2.50. The third-order valence-electron chi connectivity index (χ3n) is 3.78. The van der Waals surface area contributed by atoms with E-state index in [9.17, 15) is 4.79 Å². The number of nitrogens with zero attached hydrogens (tertiary/aromatic N) is 2. The van der Waals surface area contributed by atoms with Crippen molar-refractivity contribution in [2.45, 2.75) is 64.6 Å². The number of likely N-dealkylation sites (tertiary alicyclic amines) is 1.